The Morgan fingerprint density at radius 1 is 1.31 bits per heavy atom. The van der Waals surface area contributed by atoms with Crippen LogP contribution >= 0.6 is 12.4 Å². The van der Waals surface area contributed by atoms with Gasteiger partial charge in [0.25, 0.3) is 0 Å². The molecule has 1 aromatic carbocycles. The lowest BCUT2D eigenvalue weighted by Gasteiger charge is -2.28. The van der Waals surface area contributed by atoms with Crippen LogP contribution in [0, 0.1) is 11.8 Å². The Hall–Kier alpha value is -1.30. The summed E-state index contributed by atoms with van der Waals surface area (Å²) >= 11 is 0. The maximum atomic E-state index is 12.3. The predicted molar refractivity (Wildman–Crippen MR) is 106 cm³/mol. The van der Waals surface area contributed by atoms with E-state index in [1.54, 1.807) is 0 Å². The van der Waals surface area contributed by atoms with Gasteiger partial charge in [0.1, 0.15) is 12.4 Å². The van der Waals surface area contributed by atoms with Crippen LogP contribution in [0.15, 0.2) is 24.3 Å². The molecule has 2 fully saturated rings. The molecule has 2 N–H and O–H groups in total. The molecule has 146 valence electrons. The van der Waals surface area contributed by atoms with E-state index < -0.39 is 0 Å². The number of amides is 1. The number of carbonyl (C=O) groups excluding carboxylic acids is 1. The molecule has 1 aromatic rings. The zero-order chi connectivity index (χ0) is 17.5. The molecule has 3 atom stereocenters. The molecule has 6 heteroatoms. The number of hydrogen-bond acceptors (Lipinski definition) is 4. The summed E-state index contributed by atoms with van der Waals surface area (Å²) in [7, 11) is 0. The predicted octanol–water partition coefficient (Wildman–Crippen LogP) is 3.63. The van der Waals surface area contributed by atoms with E-state index in [0.29, 0.717) is 24.9 Å². The van der Waals surface area contributed by atoms with Crippen molar-refractivity contribution in [3.63, 3.8) is 0 Å². The fourth-order valence-electron chi connectivity index (χ4n) is 3.64. The minimum atomic E-state index is 0. The lowest BCUT2D eigenvalue weighted by Crippen LogP contribution is -2.34. The van der Waals surface area contributed by atoms with Crippen LogP contribution < -0.4 is 15.4 Å². The Morgan fingerprint density at radius 3 is 2.77 bits per heavy atom. The molecule has 0 spiro atoms. The van der Waals surface area contributed by atoms with Crippen LogP contribution in [-0.2, 0) is 9.53 Å². The molecule has 0 saturated carbocycles. The number of nitrogens with one attached hydrogen (secondary N) is 2. The Kier molecular flexibility index (Phi) is 8.69. The lowest BCUT2D eigenvalue weighted by molar-refractivity contribution is -0.117. The van der Waals surface area contributed by atoms with Crippen molar-refractivity contribution < 1.29 is 14.3 Å². The standard InChI is InChI=1S/C20H30N2O3.ClH/c1-15(16-4-2-10-21-13-16)12-20(23)22-17-6-8-18(9-7-17)25-14-19-5-3-11-24-19;/h6-9,15-16,19,21H,2-5,10-14H2,1H3,(H,22,23);1H. The average Bonchev–Trinajstić information content (AvgIpc) is 3.15. The van der Waals surface area contributed by atoms with E-state index in [9.17, 15) is 4.79 Å². The molecule has 0 aromatic heterocycles. The van der Waals surface area contributed by atoms with E-state index >= 15 is 0 Å². The normalized spacial score (nSPS) is 23.7. The van der Waals surface area contributed by atoms with Crippen molar-refractivity contribution in [3.05, 3.63) is 24.3 Å². The first-order chi connectivity index (χ1) is 12.2. The summed E-state index contributed by atoms with van der Waals surface area (Å²) in [5, 5.41) is 6.42. The number of benzene rings is 1. The highest BCUT2D eigenvalue weighted by molar-refractivity contribution is 5.90. The smallest absolute Gasteiger partial charge is 0.224 e. The van der Waals surface area contributed by atoms with Crippen molar-refractivity contribution >= 4 is 24.0 Å². The Morgan fingerprint density at radius 2 is 2.12 bits per heavy atom. The van der Waals surface area contributed by atoms with E-state index in [0.717, 1.165) is 44.0 Å². The second-order valence-corrected chi connectivity index (χ2v) is 7.31. The summed E-state index contributed by atoms with van der Waals surface area (Å²) < 4.78 is 11.3. The van der Waals surface area contributed by atoms with Gasteiger partial charge < -0.3 is 20.1 Å². The Bertz CT molecular complexity index is 540. The van der Waals surface area contributed by atoms with Gasteiger partial charge in [0.2, 0.25) is 5.91 Å². The molecular weight excluding hydrogens is 352 g/mol. The van der Waals surface area contributed by atoms with Crippen LogP contribution in [0.5, 0.6) is 5.75 Å². The number of piperidine rings is 1. The number of hydrogen-bond donors (Lipinski definition) is 2. The van der Waals surface area contributed by atoms with Gasteiger partial charge in [0.15, 0.2) is 0 Å². The van der Waals surface area contributed by atoms with E-state index in [2.05, 4.69) is 17.6 Å². The zero-order valence-corrected chi connectivity index (χ0v) is 16.4. The fourth-order valence-corrected chi connectivity index (χ4v) is 3.64. The van der Waals surface area contributed by atoms with Crippen LogP contribution in [-0.4, -0.2) is 38.3 Å². The van der Waals surface area contributed by atoms with Crippen LogP contribution in [0.2, 0.25) is 0 Å². The van der Waals surface area contributed by atoms with Crippen molar-refractivity contribution in [2.45, 2.75) is 45.1 Å². The molecule has 0 radical (unpaired) electrons. The van der Waals surface area contributed by atoms with E-state index in [-0.39, 0.29) is 24.4 Å². The molecule has 2 aliphatic heterocycles. The van der Waals surface area contributed by atoms with Gasteiger partial charge in [-0.1, -0.05) is 6.92 Å². The van der Waals surface area contributed by atoms with Crippen LogP contribution in [0.1, 0.15) is 39.0 Å². The fraction of sp³-hybridized carbons (Fsp3) is 0.650. The summed E-state index contributed by atoms with van der Waals surface area (Å²) in [5.74, 6) is 1.91. The number of rotatable bonds is 7. The molecule has 5 nitrogen and oxygen atoms in total. The number of carbonyl (C=O) groups is 1. The highest BCUT2D eigenvalue weighted by Crippen LogP contribution is 2.23. The summed E-state index contributed by atoms with van der Waals surface area (Å²) in [4.78, 5) is 12.3. The highest BCUT2D eigenvalue weighted by atomic mass is 35.5. The van der Waals surface area contributed by atoms with Crippen molar-refractivity contribution in [2.24, 2.45) is 11.8 Å². The van der Waals surface area contributed by atoms with Gasteiger partial charge in [-0.25, -0.2) is 0 Å². The highest BCUT2D eigenvalue weighted by Gasteiger charge is 2.22. The average molecular weight is 383 g/mol. The quantitative estimate of drug-likeness (QED) is 0.756. The number of anilines is 1. The summed E-state index contributed by atoms with van der Waals surface area (Å²) in [5.41, 5.74) is 0.823. The molecule has 26 heavy (non-hydrogen) atoms. The van der Waals surface area contributed by atoms with Crippen molar-refractivity contribution in [1.82, 2.24) is 5.32 Å². The van der Waals surface area contributed by atoms with Crippen molar-refractivity contribution in [1.29, 1.82) is 0 Å². The van der Waals surface area contributed by atoms with Crippen LogP contribution in [0.4, 0.5) is 5.69 Å². The van der Waals surface area contributed by atoms with Gasteiger partial charge in [-0.2, -0.15) is 0 Å². The second-order valence-electron chi connectivity index (χ2n) is 7.31. The largest absolute Gasteiger partial charge is 0.491 e. The molecule has 2 aliphatic rings. The molecule has 2 saturated heterocycles. The van der Waals surface area contributed by atoms with Crippen LogP contribution in [0.25, 0.3) is 0 Å². The minimum Gasteiger partial charge on any atom is -0.491 e. The third-order valence-corrected chi connectivity index (χ3v) is 5.25. The van der Waals surface area contributed by atoms with Gasteiger partial charge in [0.05, 0.1) is 6.10 Å². The third kappa shape index (κ3) is 6.45. The van der Waals surface area contributed by atoms with Crippen molar-refractivity contribution in [2.75, 3.05) is 31.6 Å². The Balaban J connectivity index is 0.00000243. The number of halogens is 1. The molecule has 1 amide bonds. The molecular formula is C20H31ClN2O3. The minimum absolute atomic E-state index is 0. The van der Waals surface area contributed by atoms with Crippen LogP contribution in [0.3, 0.4) is 0 Å². The lowest BCUT2D eigenvalue weighted by atomic mass is 9.85. The Labute approximate surface area is 162 Å². The monoisotopic (exact) mass is 382 g/mol. The maximum Gasteiger partial charge on any atom is 0.224 e. The molecule has 0 bridgehead atoms. The zero-order valence-electron chi connectivity index (χ0n) is 15.5. The second kappa shape index (κ2) is 10.8. The topological polar surface area (TPSA) is 59.6 Å². The first kappa shape index (κ1) is 21.0. The van der Waals surface area contributed by atoms with Crippen molar-refractivity contribution in [3.8, 4) is 5.75 Å². The van der Waals surface area contributed by atoms with Gasteiger partial charge >= 0.3 is 0 Å². The molecule has 0 aliphatic carbocycles. The van der Waals surface area contributed by atoms with Gasteiger partial charge in [-0.3, -0.25) is 4.79 Å². The molecule has 2 heterocycles. The third-order valence-electron chi connectivity index (χ3n) is 5.25. The number of ether oxygens (including phenoxy) is 2. The first-order valence-electron chi connectivity index (χ1n) is 9.56. The van der Waals surface area contributed by atoms with E-state index in [4.69, 9.17) is 9.47 Å². The van der Waals surface area contributed by atoms with E-state index in [1.165, 1.54) is 12.8 Å². The first-order valence-corrected chi connectivity index (χ1v) is 9.56. The maximum absolute atomic E-state index is 12.3. The summed E-state index contributed by atoms with van der Waals surface area (Å²) in [6.45, 7) is 5.76. The van der Waals surface area contributed by atoms with E-state index in [1.807, 2.05) is 24.3 Å². The van der Waals surface area contributed by atoms with Gasteiger partial charge in [0, 0.05) is 18.7 Å². The van der Waals surface area contributed by atoms with Gasteiger partial charge in [-0.15, -0.1) is 12.4 Å². The SMILES string of the molecule is CC(CC(=O)Nc1ccc(OCC2CCCO2)cc1)C1CCCNC1.Cl. The summed E-state index contributed by atoms with van der Waals surface area (Å²) in [6.07, 6.45) is 5.42. The molecule has 3 unspecified atom stereocenters. The molecule has 3 rings (SSSR count). The summed E-state index contributed by atoms with van der Waals surface area (Å²) in [6, 6.07) is 7.60. The van der Waals surface area contributed by atoms with Gasteiger partial charge in [-0.05, 0) is 74.9 Å².